The summed E-state index contributed by atoms with van der Waals surface area (Å²) in [6.45, 7) is 8.95. The van der Waals surface area contributed by atoms with E-state index in [0.29, 0.717) is 12.4 Å². The van der Waals surface area contributed by atoms with Crippen LogP contribution in [0.5, 0.6) is 0 Å². The van der Waals surface area contributed by atoms with E-state index in [4.69, 9.17) is 9.41 Å². The predicted octanol–water partition coefficient (Wildman–Crippen LogP) is 4.51. The van der Waals surface area contributed by atoms with Gasteiger partial charge in [-0.2, -0.15) is 0 Å². The van der Waals surface area contributed by atoms with Crippen LogP contribution < -0.4 is 5.32 Å². The van der Waals surface area contributed by atoms with Gasteiger partial charge in [0.05, 0.1) is 5.69 Å². The Kier molecular flexibility index (Phi) is 10.3. The van der Waals surface area contributed by atoms with Crippen LogP contribution in [0.1, 0.15) is 37.9 Å². The fourth-order valence-corrected chi connectivity index (χ4v) is 2.50. The fraction of sp³-hybridized carbons (Fsp3) is 0.500. The lowest BCUT2D eigenvalue weighted by molar-refractivity contribution is 0.465. The molecule has 2 rings (SSSR count). The molecule has 0 saturated carbocycles. The van der Waals surface area contributed by atoms with Crippen molar-refractivity contribution in [3.63, 3.8) is 0 Å². The molecule has 0 atom stereocenters. The number of benzene rings is 1. The lowest BCUT2D eigenvalue weighted by atomic mass is 10.1. The molecule has 0 aliphatic carbocycles. The third-order valence-electron chi connectivity index (χ3n) is 4.02. The van der Waals surface area contributed by atoms with Gasteiger partial charge in [0.15, 0.2) is 5.96 Å². The number of aromatic nitrogens is 1. The van der Waals surface area contributed by atoms with Gasteiger partial charge in [-0.05, 0) is 32.4 Å². The number of halogens is 1. The molecular weight excluding hydrogens is 439 g/mol. The van der Waals surface area contributed by atoms with Crippen LogP contribution in [0.25, 0.3) is 11.5 Å². The quantitative estimate of drug-likeness (QED) is 0.351. The lowest BCUT2D eigenvalue weighted by Gasteiger charge is -2.21. The summed E-state index contributed by atoms with van der Waals surface area (Å²) in [5.41, 5.74) is 3.17. The summed E-state index contributed by atoms with van der Waals surface area (Å²) >= 11 is 0. The van der Waals surface area contributed by atoms with Gasteiger partial charge in [0.2, 0.25) is 5.89 Å². The maximum atomic E-state index is 5.61. The predicted molar refractivity (Wildman–Crippen MR) is 119 cm³/mol. The van der Waals surface area contributed by atoms with Gasteiger partial charge < -0.3 is 14.6 Å². The largest absolute Gasteiger partial charge is 0.444 e. The highest BCUT2D eigenvalue weighted by molar-refractivity contribution is 14.0. The highest BCUT2D eigenvalue weighted by Crippen LogP contribution is 2.19. The molecule has 0 bridgehead atoms. The van der Waals surface area contributed by atoms with Gasteiger partial charge in [0.25, 0.3) is 0 Å². The third-order valence-corrected chi connectivity index (χ3v) is 4.02. The van der Waals surface area contributed by atoms with Gasteiger partial charge in [-0.15, -0.1) is 24.0 Å². The van der Waals surface area contributed by atoms with Crippen molar-refractivity contribution in [1.82, 2.24) is 15.2 Å². The first-order valence-electron chi connectivity index (χ1n) is 9.15. The van der Waals surface area contributed by atoms with Gasteiger partial charge in [-0.1, -0.05) is 31.0 Å². The first-order valence-corrected chi connectivity index (χ1v) is 9.15. The van der Waals surface area contributed by atoms with Gasteiger partial charge in [0.1, 0.15) is 6.26 Å². The Morgan fingerprint density at radius 3 is 2.62 bits per heavy atom. The topological polar surface area (TPSA) is 53.7 Å². The van der Waals surface area contributed by atoms with Crippen LogP contribution in [0.15, 0.2) is 39.9 Å². The van der Waals surface area contributed by atoms with Crippen molar-refractivity contribution < 1.29 is 4.42 Å². The molecule has 1 aromatic carbocycles. The smallest absolute Gasteiger partial charge is 0.226 e. The molecule has 0 aliphatic rings. The van der Waals surface area contributed by atoms with Crippen molar-refractivity contribution in [2.24, 2.45) is 4.99 Å². The van der Waals surface area contributed by atoms with E-state index in [2.05, 4.69) is 55.2 Å². The average Bonchev–Trinajstić information content (AvgIpc) is 3.08. The summed E-state index contributed by atoms with van der Waals surface area (Å²) in [5.74, 6) is 1.63. The van der Waals surface area contributed by atoms with E-state index in [1.165, 1.54) is 18.4 Å². The zero-order valence-corrected chi connectivity index (χ0v) is 18.6. The van der Waals surface area contributed by atoms with E-state index >= 15 is 0 Å². The Hall–Kier alpha value is -1.57. The first kappa shape index (κ1) is 22.5. The van der Waals surface area contributed by atoms with E-state index in [0.717, 1.165) is 36.7 Å². The van der Waals surface area contributed by atoms with E-state index in [1.807, 2.05) is 12.1 Å². The molecule has 144 valence electrons. The molecular formula is C20H31IN4O. The van der Waals surface area contributed by atoms with Gasteiger partial charge in [-0.25, -0.2) is 4.98 Å². The Morgan fingerprint density at radius 1 is 1.23 bits per heavy atom. The maximum absolute atomic E-state index is 5.61. The van der Waals surface area contributed by atoms with Crippen LogP contribution in [-0.2, 0) is 6.42 Å². The molecule has 26 heavy (non-hydrogen) atoms. The van der Waals surface area contributed by atoms with Crippen LogP contribution in [0, 0.1) is 6.92 Å². The Morgan fingerprint density at radius 2 is 1.96 bits per heavy atom. The second kappa shape index (κ2) is 11.9. The summed E-state index contributed by atoms with van der Waals surface area (Å²) in [7, 11) is 2.09. The molecule has 0 spiro atoms. The number of guanidine groups is 1. The average molecular weight is 470 g/mol. The first-order chi connectivity index (χ1) is 12.1. The second-order valence-electron chi connectivity index (χ2n) is 6.27. The Bertz CT molecular complexity index is 667. The number of aryl methyl sites for hydroxylation is 1. The summed E-state index contributed by atoms with van der Waals surface area (Å²) in [4.78, 5) is 11.5. The number of nitrogens with zero attached hydrogens (tertiary/aromatic N) is 3. The molecule has 1 aromatic heterocycles. The summed E-state index contributed by atoms with van der Waals surface area (Å²) in [5, 5.41) is 3.35. The third kappa shape index (κ3) is 6.97. The molecule has 1 heterocycles. The summed E-state index contributed by atoms with van der Waals surface area (Å²) in [6.07, 6.45) is 4.86. The minimum atomic E-state index is 0. The van der Waals surface area contributed by atoms with Gasteiger partial charge >= 0.3 is 0 Å². The minimum absolute atomic E-state index is 0. The van der Waals surface area contributed by atoms with Crippen LogP contribution >= 0.6 is 24.0 Å². The molecule has 0 amide bonds. The van der Waals surface area contributed by atoms with Crippen LogP contribution in [0.2, 0.25) is 0 Å². The monoisotopic (exact) mass is 470 g/mol. The number of aliphatic imine (C=N–C) groups is 1. The molecule has 5 nitrogen and oxygen atoms in total. The number of nitrogens with one attached hydrogen (secondary N) is 1. The molecule has 0 aliphatic heterocycles. The van der Waals surface area contributed by atoms with Crippen molar-refractivity contribution >= 4 is 29.9 Å². The van der Waals surface area contributed by atoms with Crippen molar-refractivity contribution in [1.29, 1.82) is 0 Å². The fourth-order valence-electron chi connectivity index (χ4n) is 2.50. The molecule has 0 radical (unpaired) electrons. The van der Waals surface area contributed by atoms with Crippen LogP contribution in [0.4, 0.5) is 0 Å². The zero-order valence-electron chi connectivity index (χ0n) is 16.3. The summed E-state index contributed by atoms with van der Waals surface area (Å²) < 4.78 is 5.61. The highest BCUT2D eigenvalue weighted by atomic mass is 127. The van der Waals surface area contributed by atoms with E-state index < -0.39 is 0 Å². The molecule has 0 fully saturated rings. The number of unbranched alkanes of at least 4 members (excludes halogenated alkanes) is 1. The maximum Gasteiger partial charge on any atom is 0.226 e. The van der Waals surface area contributed by atoms with Crippen LogP contribution in [-0.4, -0.2) is 42.5 Å². The Labute approximate surface area is 174 Å². The SMILES string of the molecule is CCCCN(C)C(=NCCc1coc(-c2ccc(C)cc2)n1)NCC.I. The number of oxazole rings is 1. The normalized spacial score (nSPS) is 11.2. The minimum Gasteiger partial charge on any atom is -0.444 e. The summed E-state index contributed by atoms with van der Waals surface area (Å²) in [6, 6.07) is 8.21. The van der Waals surface area contributed by atoms with Crippen molar-refractivity contribution in [2.75, 3.05) is 26.7 Å². The van der Waals surface area contributed by atoms with Gasteiger partial charge in [0, 0.05) is 38.7 Å². The van der Waals surface area contributed by atoms with Gasteiger partial charge in [-0.3, -0.25) is 4.99 Å². The van der Waals surface area contributed by atoms with E-state index in [-0.39, 0.29) is 24.0 Å². The molecule has 2 aromatic rings. The van der Waals surface area contributed by atoms with Crippen molar-refractivity contribution in [3.8, 4) is 11.5 Å². The number of hydrogen-bond donors (Lipinski definition) is 1. The second-order valence-corrected chi connectivity index (χ2v) is 6.27. The van der Waals surface area contributed by atoms with Crippen molar-refractivity contribution in [3.05, 3.63) is 41.8 Å². The van der Waals surface area contributed by atoms with E-state index in [9.17, 15) is 0 Å². The lowest BCUT2D eigenvalue weighted by Crippen LogP contribution is -2.39. The molecule has 1 N–H and O–H groups in total. The standard InChI is InChI=1S/C20H30N4O.HI/c1-5-7-14-24(4)20(21-6-2)22-13-12-18-15-25-19(23-18)17-10-8-16(3)9-11-17;/h8-11,15H,5-7,12-14H2,1-4H3,(H,21,22);1H. The Balaban J connectivity index is 0.00000338. The van der Waals surface area contributed by atoms with Crippen molar-refractivity contribution in [2.45, 2.75) is 40.0 Å². The number of rotatable bonds is 8. The highest BCUT2D eigenvalue weighted by Gasteiger charge is 2.08. The zero-order chi connectivity index (χ0) is 18.1. The number of hydrogen-bond acceptors (Lipinski definition) is 3. The van der Waals surface area contributed by atoms with E-state index in [1.54, 1.807) is 6.26 Å². The van der Waals surface area contributed by atoms with Crippen LogP contribution in [0.3, 0.4) is 0 Å². The molecule has 0 unspecified atom stereocenters. The molecule has 0 saturated heterocycles. The molecule has 6 heteroatoms.